The van der Waals surface area contributed by atoms with E-state index in [1.54, 1.807) is 6.26 Å². The van der Waals surface area contributed by atoms with Crippen molar-refractivity contribution in [3.8, 4) is 6.26 Å². The molecule has 0 unspecified atom stereocenters. The monoisotopic (exact) mass is 189 g/mol. The Morgan fingerprint density at radius 2 is 2.14 bits per heavy atom. The fraction of sp³-hybridized carbons (Fsp3) is 0.417. The molecule has 0 bridgehead atoms. The Morgan fingerprint density at radius 3 is 2.71 bits per heavy atom. The Kier molecular flexibility index (Phi) is 3.53. The minimum Gasteiger partial charge on any atom is -0.419 e. The molecule has 1 atom stereocenters. The molecule has 0 heterocycles. The molecule has 2 nitrogen and oxygen atoms in total. The van der Waals surface area contributed by atoms with Crippen molar-refractivity contribution in [1.29, 1.82) is 5.26 Å². The third kappa shape index (κ3) is 2.05. The van der Waals surface area contributed by atoms with Gasteiger partial charge in [-0.15, -0.1) is 0 Å². The highest BCUT2D eigenvalue weighted by atomic mass is 16.5. The molecule has 0 amide bonds. The standard InChI is InChI=1S/C12H15NO/c1-4-12(14-8-13)11-7-5-6-9(2)10(11)3/h5-7,12H,4H2,1-3H3/t12-/m1/s1. The second-order valence-electron chi connectivity index (χ2n) is 3.40. The number of nitrogens with zero attached hydrogens (tertiary/aromatic N) is 1. The van der Waals surface area contributed by atoms with Crippen LogP contribution in [0, 0.1) is 25.4 Å². The molecule has 14 heavy (non-hydrogen) atoms. The van der Waals surface area contributed by atoms with Crippen LogP contribution in [-0.4, -0.2) is 0 Å². The minimum atomic E-state index is -0.0973. The lowest BCUT2D eigenvalue weighted by atomic mass is 9.98. The highest BCUT2D eigenvalue weighted by Gasteiger charge is 2.13. The first-order chi connectivity index (χ1) is 6.70. The highest BCUT2D eigenvalue weighted by molar-refractivity contribution is 5.34. The predicted molar refractivity (Wildman–Crippen MR) is 55.6 cm³/mol. The molecule has 1 rings (SSSR count). The van der Waals surface area contributed by atoms with Crippen molar-refractivity contribution in [1.82, 2.24) is 0 Å². The molecule has 2 heteroatoms. The van der Waals surface area contributed by atoms with E-state index in [0.717, 1.165) is 12.0 Å². The Bertz CT molecular complexity index is 352. The first-order valence-corrected chi connectivity index (χ1v) is 4.81. The van der Waals surface area contributed by atoms with E-state index in [1.165, 1.54) is 11.1 Å². The highest BCUT2D eigenvalue weighted by Crippen LogP contribution is 2.25. The zero-order chi connectivity index (χ0) is 10.6. The number of aryl methyl sites for hydroxylation is 1. The van der Waals surface area contributed by atoms with Gasteiger partial charge in [-0.1, -0.05) is 25.1 Å². The van der Waals surface area contributed by atoms with Gasteiger partial charge in [0.15, 0.2) is 0 Å². The summed E-state index contributed by atoms with van der Waals surface area (Å²) in [6, 6.07) is 6.09. The van der Waals surface area contributed by atoms with Crippen LogP contribution in [0.2, 0.25) is 0 Å². The SMILES string of the molecule is CC[C@@H](OC#N)c1cccc(C)c1C. The quantitative estimate of drug-likeness (QED) is 0.684. The fourth-order valence-electron chi connectivity index (χ4n) is 1.55. The lowest BCUT2D eigenvalue weighted by molar-refractivity contribution is 0.159. The van der Waals surface area contributed by atoms with E-state index >= 15 is 0 Å². The van der Waals surface area contributed by atoms with Gasteiger partial charge in [-0.2, -0.15) is 5.26 Å². The molecule has 0 aliphatic rings. The molecule has 0 fully saturated rings. The topological polar surface area (TPSA) is 33.0 Å². The third-order valence-electron chi connectivity index (χ3n) is 2.56. The number of ether oxygens (including phenoxy) is 1. The van der Waals surface area contributed by atoms with Gasteiger partial charge in [0.1, 0.15) is 6.10 Å². The predicted octanol–water partition coefficient (Wildman–Crippen LogP) is 3.25. The van der Waals surface area contributed by atoms with E-state index < -0.39 is 0 Å². The van der Waals surface area contributed by atoms with Crippen LogP contribution in [0.4, 0.5) is 0 Å². The molecule has 0 radical (unpaired) electrons. The maximum Gasteiger partial charge on any atom is 0.286 e. The third-order valence-corrected chi connectivity index (χ3v) is 2.56. The van der Waals surface area contributed by atoms with Crippen molar-refractivity contribution in [2.75, 3.05) is 0 Å². The zero-order valence-corrected chi connectivity index (χ0v) is 8.87. The summed E-state index contributed by atoms with van der Waals surface area (Å²) in [6.07, 6.45) is 2.48. The van der Waals surface area contributed by atoms with Crippen molar-refractivity contribution in [2.45, 2.75) is 33.3 Å². The lowest BCUT2D eigenvalue weighted by Gasteiger charge is -2.15. The summed E-state index contributed by atoms with van der Waals surface area (Å²) < 4.78 is 5.02. The molecule has 0 saturated heterocycles. The number of benzene rings is 1. The lowest BCUT2D eigenvalue weighted by Crippen LogP contribution is -2.02. The van der Waals surface area contributed by atoms with Gasteiger partial charge in [0.25, 0.3) is 6.26 Å². The van der Waals surface area contributed by atoms with Gasteiger partial charge in [-0.25, -0.2) is 0 Å². The zero-order valence-electron chi connectivity index (χ0n) is 8.87. The van der Waals surface area contributed by atoms with E-state index in [9.17, 15) is 0 Å². The van der Waals surface area contributed by atoms with Crippen LogP contribution >= 0.6 is 0 Å². The minimum absolute atomic E-state index is 0.0973. The number of nitriles is 1. The molecule has 0 saturated carbocycles. The van der Waals surface area contributed by atoms with Crippen molar-refractivity contribution < 1.29 is 4.74 Å². The average Bonchev–Trinajstić information content (AvgIpc) is 2.19. The molecule has 0 aromatic heterocycles. The van der Waals surface area contributed by atoms with E-state index in [0.29, 0.717) is 0 Å². The first-order valence-electron chi connectivity index (χ1n) is 4.81. The maximum atomic E-state index is 8.52. The second-order valence-corrected chi connectivity index (χ2v) is 3.40. The van der Waals surface area contributed by atoms with Crippen LogP contribution in [0.1, 0.15) is 36.1 Å². The van der Waals surface area contributed by atoms with Crippen molar-refractivity contribution >= 4 is 0 Å². The van der Waals surface area contributed by atoms with Crippen LogP contribution in [-0.2, 0) is 4.74 Å². The molecule has 0 aliphatic carbocycles. The summed E-state index contributed by atoms with van der Waals surface area (Å²) in [5, 5.41) is 8.52. The average molecular weight is 189 g/mol. The van der Waals surface area contributed by atoms with Crippen LogP contribution in [0.15, 0.2) is 18.2 Å². The van der Waals surface area contributed by atoms with Gasteiger partial charge in [0, 0.05) is 0 Å². The van der Waals surface area contributed by atoms with Gasteiger partial charge in [0.2, 0.25) is 0 Å². The molecule has 0 spiro atoms. The normalized spacial score (nSPS) is 11.9. The van der Waals surface area contributed by atoms with Crippen LogP contribution in [0.5, 0.6) is 0 Å². The van der Waals surface area contributed by atoms with Crippen molar-refractivity contribution in [3.05, 3.63) is 34.9 Å². The van der Waals surface area contributed by atoms with Gasteiger partial charge in [-0.3, -0.25) is 0 Å². The van der Waals surface area contributed by atoms with Crippen LogP contribution in [0.25, 0.3) is 0 Å². The van der Waals surface area contributed by atoms with E-state index in [2.05, 4.69) is 19.9 Å². The van der Waals surface area contributed by atoms with Gasteiger partial charge >= 0.3 is 0 Å². The number of rotatable bonds is 3. The van der Waals surface area contributed by atoms with Crippen molar-refractivity contribution in [2.24, 2.45) is 0 Å². The summed E-state index contributed by atoms with van der Waals surface area (Å²) in [5.41, 5.74) is 3.58. The summed E-state index contributed by atoms with van der Waals surface area (Å²) in [6.45, 7) is 6.15. The fourth-order valence-corrected chi connectivity index (χ4v) is 1.55. The molecular weight excluding hydrogens is 174 g/mol. The Labute approximate surface area is 85.1 Å². The van der Waals surface area contributed by atoms with Gasteiger partial charge < -0.3 is 4.74 Å². The van der Waals surface area contributed by atoms with Gasteiger partial charge in [0.05, 0.1) is 0 Å². The van der Waals surface area contributed by atoms with Crippen LogP contribution in [0.3, 0.4) is 0 Å². The second kappa shape index (κ2) is 4.66. The Morgan fingerprint density at radius 1 is 1.43 bits per heavy atom. The Hall–Kier alpha value is -1.49. The maximum absolute atomic E-state index is 8.52. The van der Waals surface area contributed by atoms with E-state index in [-0.39, 0.29) is 6.10 Å². The first kappa shape index (κ1) is 10.6. The number of hydrogen-bond donors (Lipinski definition) is 0. The summed E-state index contributed by atoms with van der Waals surface area (Å²) in [5.74, 6) is 0. The number of hydrogen-bond acceptors (Lipinski definition) is 2. The smallest absolute Gasteiger partial charge is 0.286 e. The molecular formula is C12H15NO. The molecule has 0 aliphatic heterocycles. The summed E-state index contributed by atoms with van der Waals surface area (Å²) in [4.78, 5) is 0. The molecule has 0 N–H and O–H groups in total. The van der Waals surface area contributed by atoms with E-state index in [4.69, 9.17) is 10.00 Å². The van der Waals surface area contributed by atoms with Crippen molar-refractivity contribution in [3.63, 3.8) is 0 Å². The van der Waals surface area contributed by atoms with Gasteiger partial charge in [-0.05, 0) is 37.0 Å². The summed E-state index contributed by atoms with van der Waals surface area (Å²) >= 11 is 0. The molecule has 1 aromatic carbocycles. The molecule has 74 valence electrons. The largest absolute Gasteiger partial charge is 0.419 e. The molecule has 1 aromatic rings. The van der Waals surface area contributed by atoms with Crippen LogP contribution < -0.4 is 0 Å². The van der Waals surface area contributed by atoms with E-state index in [1.807, 2.05) is 19.1 Å². The Balaban J connectivity index is 3.05. The summed E-state index contributed by atoms with van der Waals surface area (Å²) in [7, 11) is 0.